The topological polar surface area (TPSA) is 98.8 Å². The van der Waals surface area contributed by atoms with Gasteiger partial charge in [0.25, 0.3) is 0 Å². The van der Waals surface area contributed by atoms with E-state index in [1.807, 2.05) is 30.3 Å². The van der Waals surface area contributed by atoms with Crippen LogP contribution in [0.5, 0.6) is 0 Å². The van der Waals surface area contributed by atoms with E-state index in [0.29, 0.717) is 13.0 Å². The van der Waals surface area contributed by atoms with Gasteiger partial charge in [0, 0.05) is 19.1 Å². The molecule has 19 heavy (non-hydrogen) atoms. The van der Waals surface area contributed by atoms with Gasteiger partial charge < -0.3 is 15.9 Å². The van der Waals surface area contributed by atoms with E-state index in [-0.39, 0.29) is 6.54 Å². The summed E-state index contributed by atoms with van der Waals surface area (Å²) in [5.74, 6) is 0. The molecule has 0 aliphatic rings. The fourth-order valence-electron chi connectivity index (χ4n) is 1.77. The molecule has 6 nitrogen and oxygen atoms in total. The zero-order valence-electron chi connectivity index (χ0n) is 11.0. The van der Waals surface area contributed by atoms with E-state index >= 15 is 0 Å². The number of hydrazine groups is 1. The number of aliphatic hydroxyl groups is 1. The molecule has 106 valence electrons. The Morgan fingerprint density at radius 2 is 2.05 bits per heavy atom. The van der Waals surface area contributed by atoms with E-state index in [1.165, 1.54) is 5.01 Å². The molecule has 0 unspecified atom stereocenters. The van der Waals surface area contributed by atoms with Gasteiger partial charge in [-0.2, -0.15) is 0 Å². The maximum atomic E-state index is 10.5. The van der Waals surface area contributed by atoms with Gasteiger partial charge in [0.2, 0.25) is 0 Å². The van der Waals surface area contributed by atoms with Crippen LogP contribution in [0.4, 0.5) is 4.79 Å². The van der Waals surface area contributed by atoms with Crippen LogP contribution in [-0.2, 0) is 6.42 Å². The number of carbonyl (C=O) groups is 1. The highest BCUT2D eigenvalue weighted by Gasteiger charge is 2.19. The highest BCUT2D eigenvalue weighted by atomic mass is 16.4. The molecule has 0 bridgehead atoms. The van der Waals surface area contributed by atoms with Gasteiger partial charge in [-0.15, -0.1) is 0 Å². The number of nitrogens with one attached hydrogen (secondary N) is 1. The summed E-state index contributed by atoms with van der Waals surface area (Å²) in [7, 11) is 0. The van der Waals surface area contributed by atoms with Crippen LogP contribution in [0.3, 0.4) is 0 Å². The van der Waals surface area contributed by atoms with Crippen molar-refractivity contribution in [1.29, 1.82) is 0 Å². The summed E-state index contributed by atoms with van der Waals surface area (Å²) in [4.78, 5) is 10.5. The highest BCUT2D eigenvalue weighted by molar-refractivity contribution is 5.63. The number of hydrogen-bond donors (Lipinski definition) is 4. The Morgan fingerprint density at radius 1 is 1.42 bits per heavy atom. The maximum Gasteiger partial charge on any atom is 0.419 e. The lowest BCUT2D eigenvalue weighted by Crippen LogP contribution is -2.50. The minimum Gasteiger partial charge on any atom is -0.464 e. The summed E-state index contributed by atoms with van der Waals surface area (Å²) in [5.41, 5.74) is 9.19. The summed E-state index contributed by atoms with van der Waals surface area (Å²) in [5, 5.41) is 20.0. The number of likely N-dealkylation sites (N-methyl/N-ethyl adjacent to an activating group) is 1. The number of amides is 1. The average Bonchev–Trinajstić information content (AvgIpc) is 2.38. The Kier molecular flexibility index (Phi) is 6.27. The number of nitrogens with zero attached hydrogens (tertiary/aromatic N) is 1. The van der Waals surface area contributed by atoms with Gasteiger partial charge >= 0.3 is 6.09 Å². The molecule has 0 heterocycles. The largest absolute Gasteiger partial charge is 0.464 e. The van der Waals surface area contributed by atoms with Crippen molar-refractivity contribution in [3.8, 4) is 0 Å². The zero-order valence-corrected chi connectivity index (χ0v) is 11.0. The maximum absolute atomic E-state index is 10.5. The molecule has 1 aromatic rings. The van der Waals surface area contributed by atoms with Crippen molar-refractivity contribution < 1.29 is 15.0 Å². The van der Waals surface area contributed by atoms with Crippen LogP contribution < -0.4 is 11.2 Å². The summed E-state index contributed by atoms with van der Waals surface area (Å²) in [6, 6.07) is 9.20. The quantitative estimate of drug-likeness (QED) is 0.537. The first kappa shape index (κ1) is 15.4. The lowest BCUT2D eigenvalue weighted by Gasteiger charge is -2.26. The second-order valence-electron chi connectivity index (χ2n) is 4.38. The van der Waals surface area contributed by atoms with Crippen LogP contribution in [0.1, 0.15) is 12.5 Å². The first-order valence-corrected chi connectivity index (χ1v) is 6.25. The Labute approximate surface area is 112 Å². The van der Waals surface area contributed by atoms with Crippen LogP contribution in [0.15, 0.2) is 30.3 Å². The van der Waals surface area contributed by atoms with Gasteiger partial charge in [0.15, 0.2) is 0 Å². The predicted octanol–water partition coefficient (Wildman–Crippen LogP) is 0.422. The SMILES string of the molecule is CCN(C[C@@H](O)[C@@H](N)Cc1ccccc1)NC(=O)O. The molecule has 0 radical (unpaired) electrons. The number of hydrogen-bond acceptors (Lipinski definition) is 4. The number of nitrogens with two attached hydrogens (primary N) is 1. The van der Waals surface area contributed by atoms with Crippen molar-refractivity contribution >= 4 is 6.09 Å². The van der Waals surface area contributed by atoms with E-state index in [0.717, 1.165) is 5.56 Å². The molecule has 0 spiro atoms. The Bertz CT molecular complexity index is 386. The van der Waals surface area contributed by atoms with Crippen molar-refractivity contribution in [3.63, 3.8) is 0 Å². The van der Waals surface area contributed by atoms with Crippen molar-refractivity contribution in [3.05, 3.63) is 35.9 Å². The van der Waals surface area contributed by atoms with Crippen molar-refractivity contribution in [2.75, 3.05) is 13.1 Å². The second-order valence-corrected chi connectivity index (χ2v) is 4.38. The van der Waals surface area contributed by atoms with Gasteiger partial charge in [-0.1, -0.05) is 37.3 Å². The molecule has 5 N–H and O–H groups in total. The lowest BCUT2D eigenvalue weighted by atomic mass is 10.0. The first-order valence-electron chi connectivity index (χ1n) is 6.25. The molecule has 2 atom stereocenters. The molecule has 0 aliphatic carbocycles. The Hall–Kier alpha value is -1.63. The fourth-order valence-corrected chi connectivity index (χ4v) is 1.77. The summed E-state index contributed by atoms with van der Waals surface area (Å²) < 4.78 is 0. The van der Waals surface area contributed by atoms with Crippen molar-refractivity contribution in [2.24, 2.45) is 5.73 Å². The Morgan fingerprint density at radius 3 is 2.58 bits per heavy atom. The molecule has 0 fully saturated rings. The fraction of sp³-hybridized carbons (Fsp3) is 0.462. The van der Waals surface area contributed by atoms with Crippen LogP contribution >= 0.6 is 0 Å². The van der Waals surface area contributed by atoms with E-state index in [9.17, 15) is 9.90 Å². The second kappa shape index (κ2) is 7.73. The van der Waals surface area contributed by atoms with Gasteiger partial charge in [-0.3, -0.25) is 5.43 Å². The van der Waals surface area contributed by atoms with Crippen LogP contribution in [0.2, 0.25) is 0 Å². The molecule has 0 saturated carbocycles. The molecular weight excluding hydrogens is 246 g/mol. The third-order valence-electron chi connectivity index (χ3n) is 2.85. The summed E-state index contributed by atoms with van der Waals surface area (Å²) in [6.07, 6.45) is -1.40. The van der Waals surface area contributed by atoms with E-state index in [1.54, 1.807) is 6.92 Å². The number of carboxylic acid groups (broad SMARTS) is 1. The van der Waals surface area contributed by atoms with Gasteiger partial charge in [0.1, 0.15) is 0 Å². The Balaban J connectivity index is 2.47. The first-order chi connectivity index (χ1) is 9.02. The molecular formula is C13H21N3O3. The zero-order chi connectivity index (χ0) is 14.3. The number of rotatable bonds is 7. The van der Waals surface area contributed by atoms with Crippen molar-refractivity contribution in [1.82, 2.24) is 10.4 Å². The molecule has 0 saturated heterocycles. The van der Waals surface area contributed by atoms with E-state index in [4.69, 9.17) is 10.8 Å². The van der Waals surface area contributed by atoms with Crippen LogP contribution in [0.25, 0.3) is 0 Å². The third-order valence-corrected chi connectivity index (χ3v) is 2.85. The standard InChI is InChI=1S/C13H21N3O3/c1-2-16(15-13(18)19)9-12(17)11(14)8-10-6-4-3-5-7-10/h3-7,11-12,15,17H,2,8-9,14H2,1H3,(H,18,19)/t11-,12+/m0/s1. The van der Waals surface area contributed by atoms with Gasteiger partial charge in [0.05, 0.1) is 6.10 Å². The molecule has 1 amide bonds. The van der Waals surface area contributed by atoms with Crippen LogP contribution in [0, 0.1) is 0 Å². The normalized spacial score (nSPS) is 14.1. The monoisotopic (exact) mass is 267 g/mol. The molecule has 1 aromatic carbocycles. The predicted molar refractivity (Wildman–Crippen MR) is 72.5 cm³/mol. The van der Waals surface area contributed by atoms with Gasteiger partial charge in [-0.25, -0.2) is 9.80 Å². The lowest BCUT2D eigenvalue weighted by molar-refractivity contribution is 0.0666. The van der Waals surface area contributed by atoms with E-state index in [2.05, 4.69) is 5.43 Å². The minimum absolute atomic E-state index is 0.163. The van der Waals surface area contributed by atoms with Gasteiger partial charge in [-0.05, 0) is 12.0 Å². The average molecular weight is 267 g/mol. The van der Waals surface area contributed by atoms with E-state index < -0.39 is 18.2 Å². The highest BCUT2D eigenvalue weighted by Crippen LogP contribution is 2.05. The third kappa shape index (κ3) is 5.69. The van der Waals surface area contributed by atoms with Crippen LogP contribution in [-0.4, -0.2) is 46.6 Å². The number of aliphatic hydroxyl groups excluding tert-OH is 1. The molecule has 1 rings (SSSR count). The van der Waals surface area contributed by atoms with Crippen molar-refractivity contribution in [2.45, 2.75) is 25.5 Å². The minimum atomic E-state index is -1.15. The summed E-state index contributed by atoms with van der Waals surface area (Å²) >= 11 is 0. The number of benzene rings is 1. The molecule has 0 aliphatic heterocycles. The smallest absolute Gasteiger partial charge is 0.419 e. The summed E-state index contributed by atoms with van der Waals surface area (Å²) in [6.45, 7) is 2.42. The molecule has 6 heteroatoms. The molecule has 0 aromatic heterocycles.